The smallest absolute Gasteiger partial charge is 0.310 e. The number of hydrogen-bond acceptors (Lipinski definition) is 6. The van der Waals surface area contributed by atoms with Crippen molar-refractivity contribution < 1.29 is 9.53 Å². The number of piperidine rings is 1. The third-order valence-corrected chi connectivity index (χ3v) is 6.23. The lowest BCUT2D eigenvalue weighted by atomic mass is 9.98. The van der Waals surface area contributed by atoms with Crippen LogP contribution in [0.15, 0.2) is 42.5 Å². The zero-order chi connectivity index (χ0) is 22.2. The van der Waals surface area contributed by atoms with Gasteiger partial charge in [0.25, 0.3) is 0 Å². The van der Waals surface area contributed by atoms with Crippen molar-refractivity contribution in [1.29, 1.82) is 0 Å². The van der Waals surface area contributed by atoms with Crippen LogP contribution in [0.25, 0.3) is 27.9 Å². The lowest BCUT2D eigenvalue weighted by Crippen LogP contribution is -2.40. The third-order valence-electron chi connectivity index (χ3n) is 5.99. The second-order valence-corrected chi connectivity index (χ2v) is 8.54. The number of fused-ring (bicyclic) bond motifs is 3. The maximum absolute atomic E-state index is 12.5. The van der Waals surface area contributed by atoms with Crippen molar-refractivity contribution >= 4 is 40.1 Å². The molecule has 0 bridgehead atoms. The van der Waals surface area contributed by atoms with Gasteiger partial charge in [-0.1, -0.05) is 35.9 Å². The Kier molecular flexibility index (Phi) is 5.43. The van der Waals surface area contributed by atoms with Crippen LogP contribution in [-0.2, 0) is 9.53 Å². The van der Waals surface area contributed by atoms with Gasteiger partial charge < -0.3 is 9.64 Å². The Bertz CT molecular complexity index is 1320. The van der Waals surface area contributed by atoms with E-state index in [1.165, 1.54) is 0 Å². The van der Waals surface area contributed by atoms with E-state index < -0.39 is 0 Å². The minimum atomic E-state index is -0.186. The van der Waals surface area contributed by atoms with Crippen LogP contribution in [0, 0.1) is 12.8 Å². The maximum atomic E-state index is 12.5. The highest BCUT2D eigenvalue weighted by Gasteiger charge is 2.30. The summed E-state index contributed by atoms with van der Waals surface area (Å²) >= 11 is 6.27. The van der Waals surface area contributed by atoms with Crippen LogP contribution in [0.3, 0.4) is 0 Å². The molecule has 164 valence electrons. The number of halogens is 1. The van der Waals surface area contributed by atoms with E-state index in [1.807, 2.05) is 47.7 Å². The fraction of sp³-hybridized carbons (Fsp3) is 0.333. The Labute approximate surface area is 191 Å². The highest BCUT2D eigenvalue weighted by molar-refractivity contribution is 6.31. The van der Waals surface area contributed by atoms with Gasteiger partial charge in [-0.15, -0.1) is 10.2 Å². The molecule has 7 nitrogen and oxygen atoms in total. The maximum Gasteiger partial charge on any atom is 0.310 e. The van der Waals surface area contributed by atoms with Gasteiger partial charge >= 0.3 is 5.97 Å². The van der Waals surface area contributed by atoms with Gasteiger partial charge in [0.2, 0.25) is 5.95 Å². The highest BCUT2D eigenvalue weighted by atomic mass is 35.5. The van der Waals surface area contributed by atoms with E-state index in [9.17, 15) is 4.79 Å². The fourth-order valence-corrected chi connectivity index (χ4v) is 4.58. The van der Waals surface area contributed by atoms with E-state index in [2.05, 4.69) is 28.1 Å². The van der Waals surface area contributed by atoms with Gasteiger partial charge in [-0.2, -0.15) is 0 Å². The van der Waals surface area contributed by atoms with Crippen molar-refractivity contribution in [3.05, 3.63) is 53.1 Å². The van der Waals surface area contributed by atoms with Crippen molar-refractivity contribution in [3.63, 3.8) is 0 Å². The summed E-state index contributed by atoms with van der Waals surface area (Å²) in [6, 6.07) is 13.7. The number of carbonyl (C=O) groups is 1. The number of rotatable bonds is 4. The zero-order valence-electron chi connectivity index (χ0n) is 18.1. The first-order chi connectivity index (χ1) is 15.6. The largest absolute Gasteiger partial charge is 0.466 e. The number of hydrogen-bond donors (Lipinski definition) is 0. The molecule has 0 radical (unpaired) electrons. The second kappa shape index (κ2) is 8.39. The summed E-state index contributed by atoms with van der Waals surface area (Å²) in [5.41, 5.74) is 3.57. The van der Waals surface area contributed by atoms with Gasteiger partial charge in [0, 0.05) is 29.1 Å². The molecule has 1 aliphatic heterocycles. The van der Waals surface area contributed by atoms with Crippen molar-refractivity contribution in [2.45, 2.75) is 26.7 Å². The number of carbonyl (C=O) groups excluding carboxylic acids is 1. The number of benzene rings is 2. The van der Waals surface area contributed by atoms with E-state index in [-0.39, 0.29) is 11.9 Å². The molecule has 1 saturated heterocycles. The second-order valence-electron chi connectivity index (χ2n) is 8.11. The number of esters is 1. The van der Waals surface area contributed by atoms with Crippen molar-refractivity contribution in [2.75, 3.05) is 24.6 Å². The molecule has 2 aromatic carbocycles. The predicted octanol–water partition coefficient (Wildman–Crippen LogP) is 4.69. The molecule has 0 aliphatic carbocycles. The van der Waals surface area contributed by atoms with E-state index in [1.54, 1.807) is 0 Å². The molecule has 0 spiro atoms. The number of nitrogens with zero attached hydrogens (tertiary/aromatic N) is 5. The molecular weight excluding hydrogens is 426 g/mol. The Morgan fingerprint density at radius 3 is 2.88 bits per heavy atom. The molecule has 2 aromatic heterocycles. The molecule has 3 heterocycles. The Morgan fingerprint density at radius 2 is 2.06 bits per heavy atom. The average molecular weight is 450 g/mol. The van der Waals surface area contributed by atoms with Crippen LogP contribution < -0.4 is 4.90 Å². The predicted molar refractivity (Wildman–Crippen MR) is 125 cm³/mol. The Balaban J connectivity index is 1.72. The van der Waals surface area contributed by atoms with Crippen LogP contribution in [0.2, 0.25) is 5.02 Å². The Morgan fingerprint density at radius 1 is 1.22 bits per heavy atom. The summed E-state index contributed by atoms with van der Waals surface area (Å²) in [4.78, 5) is 19.6. The van der Waals surface area contributed by atoms with Gasteiger partial charge in [0.1, 0.15) is 0 Å². The van der Waals surface area contributed by atoms with Crippen LogP contribution in [0.1, 0.15) is 25.3 Å². The summed E-state index contributed by atoms with van der Waals surface area (Å²) in [5.74, 6) is 1.11. The van der Waals surface area contributed by atoms with Crippen LogP contribution in [-0.4, -0.2) is 45.2 Å². The lowest BCUT2D eigenvalue weighted by molar-refractivity contribution is -0.148. The topological polar surface area (TPSA) is 72.6 Å². The van der Waals surface area contributed by atoms with Crippen LogP contribution in [0.4, 0.5) is 5.95 Å². The van der Waals surface area contributed by atoms with Gasteiger partial charge in [-0.3, -0.25) is 4.79 Å². The number of aryl methyl sites for hydroxylation is 1. The molecule has 4 aromatic rings. The van der Waals surface area contributed by atoms with E-state index in [0.717, 1.165) is 52.9 Å². The molecule has 0 saturated carbocycles. The Hall–Kier alpha value is -3.19. The summed E-state index contributed by atoms with van der Waals surface area (Å²) < 4.78 is 7.30. The van der Waals surface area contributed by atoms with Crippen molar-refractivity contribution in [1.82, 2.24) is 19.6 Å². The molecular formula is C24H24ClN5O2. The summed E-state index contributed by atoms with van der Waals surface area (Å²) in [7, 11) is 0. The lowest BCUT2D eigenvalue weighted by Gasteiger charge is -2.32. The molecule has 0 unspecified atom stereocenters. The summed E-state index contributed by atoms with van der Waals surface area (Å²) in [6.45, 7) is 5.60. The fourth-order valence-electron chi connectivity index (χ4n) is 4.41. The molecule has 5 rings (SSSR count). The highest BCUT2D eigenvalue weighted by Crippen LogP contribution is 2.32. The molecule has 1 atom stereocenters. The average Bonchev–Trinajstić information content (AvgIpc) is 3.24. The number of ether oxygens (including phenoxy) is 1. The SMILES string of the molecule is CCOC(=O)[C@H]1CCCN(c2nc3cc(Cl)ccc3c3nnc(-c4ccccc4C)n23)C1. The summed E-state index contributed by atoms with van der Waals surface area (Å²) in [6.07, 6.45) is 1.69. The monoisotopic (exact) mass is 449 g/mol. The van der Waals surface area contributed by atoms with Crippen molar-refractivity contribution in [2.24, 2.45) is 5.92 Å². The molecule has 1 fully saturated rings. The third kappa shape index (κ3) is 3.56. The standard InChI is InChI=1S/C24H24ClN5O2/c1-3-32-23(31)16-8-6-12-29(14-16)24-26-20-13-17(25)10-11-19(20)22-28-27-21(30(22)24)18-9-5-4-7-15(18)2/h4-5,7,9-11,13,16H,3,6,8,12,14H2,1-2H3/t16-/m0/s1. The first kappa shape index (κ1) is 20.7. The van der Waals surface area contributed by atoms with Crippen molar-refractivity contribution in [3.8, 4) is 11.4 Å². The number of aromatic nitrogens is 4. The molecule has 0 N–H and O–H groups in total. The quantitative estimate of drug-likeness (QED) is 0.421. The van der Waals surface area contributed by atoms with Crippen LogP contribution >= 0.6 is 11.6 Å². The first-order valence-corrected chi connectivity index (χ1v) is 11.3. The molecule has 1 aliphatic rings. The van der Waals surface area contributed by atoms with E-state index in [0.29, 0.717) is 24.1 Å². The van der Waals surface area contributed by atoms with E-state index >= 15 is 0 Å². The zero-order valence-corrected chi connectivity index (χ0v) is 18.8. The van der Waals surface area contributed by atoms with Gasteiger partial charge in [-0.25, -0.2) is 9.38 Å². The van der Waals surface area contributed by atoms with E-state index in [4.69, 9.17) is 21.3 Å². The first-order valence-electron chi connectivity index (χ1n) is 10.9. The minimum Gasteiger partial charge on any atom is -0.466 e. The van der Waals surface area contributed by atoms with Gasteiger partial charge in [-0.05, 0) is 50.5 Å². The number of anilines is 1. The normalized spacial score (nSPS) is 16.6. The van der Waals surface area contributed by atoms with Gasteiger partial charge in [0.05, 0.1) is 18.0 Å². The minimum absolute atomic E-state index is 0.153. The summed E-state index contributed by atoms with van der Waals surface area (Å²) in [5, 5.41) is 10.6. The molecule has 8 heteroatoms. The molecule has 0 amide bonds. The van der Waals surface area contributed by atoms with Gasteiger partial charge in [0.15, 0.2) is 11.5 Å². The van der Waals surface area contributed by atoms with Crippen LogP contribution in [0.5, 0.6) is 0 Å². The molecule has 32 heavy (non-hydrogen) atoms.